The number of carbonyl (C=O) groups is 1. The van der Waals surface area contributed by atoms with Crippen molar-refractivity contribution >= 4 is 34.7 Å². The molecule has 4 aromatic rings. The van der Waals surface area contributed by atoms with Gasteiger partial charge in [-0.1, -0.05) is 6.07 Å². The zero-order chi connectivity index (χ0) is 23.1. The van der Waals surface area contributed by atoms with E-state index >= 15 is 0 Å². The maximum atomic E-state index is 13.1. The zero-order valence-electron chi connectivity index (χ0n) is 18.4. The molecule has 172 valence electrons. The van der Waals surface area contributed by atoms with Crippen molar-refractivity contribution in [1.82, 2.24) is 19.9 Å². The van der Waals surface area contributed by atoms with Crippen LogP contribution in [0.4, 0.5) is 17.5 Å². The third-order valence-electron chi connectivity index (χ3n) is 5.96. The van der Waals surface area contributed by atoms with E-state index in [-0.39, 0.29) is 5.91 Å². The number of carbonyl (C=O) groups excluding carboxylic acids is 1. The SMILES string of the molecule is Nc1ccc(-c2cccc(C(=O)Nc3cc4oc(N5CCOCC5)nc4nc3C3CC3)n2)cn1. The number of nitrogens with two attached hydrogens (primary N) is 1. The van der Waals surface area contributed by atoms with Gasteiger partial charge in [-0.25, -0.2) is 15.0 Å². The van der Waals surface area contributed by atoms with Gasteiger partial charge in [-0.3, -0.25) is 4.79 Å². The van der Waals surface area contributed by atoms with E-state index in [4.69, 9.17) is 19.9 Å². The Bertz CT molecular complexity index is 1360. The summed E-state index contributed by atoms with van der Waals surface area (Å²) < 4.78 is 11.4. The number of anilines is 3. The smallest absolute Gasteiger partial charge is 0.300 e. The lowest BCUT2D eigenvalue weighted by Gasteiger charge is -2.24. The predicted molar refractivity (Wildman–Crippen MR) is 127 cm³/mol. The average Bonchev–Trinajstić information content (AvgIpc) is 3.63. The van der Waals surface area contributed by atoms with E-state index in [2.05, 4.69) is 20.3 Å². The van der Waals surface area contributed by atoms with Gasteiger partial charge in [-0.05, 0) is 37.1 Å². The van der Waals surface area contributed by atoms with Crippen LogP contribution in [0, 0.1) is 0 Å². The number of hydrogen-bond donors (Lipinski definition) is 2. The molecule has 0 bridgehead atoms. The van der Waals surface area contributed by atoms with Crippen LogP contribution in [-0.2, 0) is 4.74 Å². The van der Waals surface area contributed by atoms with Crippen molar-refractivity contribution in [2.24, 2.45) is 0 Å². The third kappa shape index (κ3) is 4.03. The van der Waals surface area contributed by atoms with Gasteiger partial charge in [-0.15, -0.1) is 0 Å². The Morgan fingerprint density at radius 2 is 1.94 bits per heavy atom. The van der Waals surface area contributed by atoms with E-state index in [0.29, 0.717) is 59.3 Å². The molecule has 4 aromatic heterocycles. The van der Waals surface area contributed by atoms with E-state index in [0.717, 1.165) is 37.2 Å². The number of pyridine rings is 3. The van der Waals surface area contributed by atoms with Gasteiger partial charge >= 0.3 is 0 Å². The number of hydrogen-bond acceptors (Lipinski definition) is 9. The molecule has 0 atom stereocenters. The third-order valence-corrected chi connectivity index (χ3v) is 5.96. The van der Waals surface area contributed by atoms with Gasteiger partial charge in [0.2, 0.25) is 5.65 Å². The summed E-state index contributed by atoms with van der Waals surface area (Å²) in [6.07, 6.45) is 3.71. The zero-order valence-corrected chi connectivity index (χ0v) is 18.4. The number of amides is 1. The number of nitrogens with zero attached hydrogens (tertiary/aromatic N) is 5. The molecule has 2 aliphatic rings. The molecular weight excluding hydrogens is 434 g/mol. The first-order chi connectivity index (χ1) is 16.6. The summed E-state index contributed by atoms with van der Waals surface area (Å²) in [5, 5.41) is 3.00. The van der Waals surface area contributed by atoms with Crippen LogP contribution in [0.5, 0.6) is 0 Å². The van der Waals surface area contributed by atoms with Crippen molar-refractivity contribution in [2.45, 2.75) is 18.8 Å². The number of rotatable bonds is 5. The van der Waals surface area contributed by atoms with Crippen molar-refractivity contribution in [1.29, 1.82) is 0 Å². The Balaban J connectivity index is 1.29. The lowest BCUT2D eigenvalue weighted by atomic mass is 10.1. The van der Waals surface area contributed by atoms with Crippen molar-refractivity contribution in [3.63, 3.8) is 0 Å². The van der Waals surface area contributed by atoms with E-state index in [1.807, 2.05) is 23.1 Å². The molecule has 1 aliphatic carbocycles. The summed E-state index contributed by atoms with van der Waals surface area (Å²) in [5.74, 6) is 0.418. The summed E-state index contributed by atoms with van der Waals surface area (Å²) in [5.41, 5.74) is 9.95. The second-order valence-electron chi connectivity index (χ2n) is 8.45. The van der Waals surface area contributed by atoms with Crippen LogP contribution in [-0.4, -0.2) is 52.1 Å². The molecule has 0 radical (unpaired) electrons. The number of nitrogens with one attached hydrogen (secondary N) is 1. The largest absolute Gasteiger partial charge is 0.422 e. The lowest BCUT2D eigenvalue weighted by molar-refractivity contribution is 0.102. The van der Waals surface area contributed by atoms with Gasteiger partial charge in [0.25, 0.3) is 11.9 Å². The molecule has 6 rings (SSSR count). The maximum absolute atomic E-state index is 13.1. The summed E-state index contributed by atoms with van der Waals surface area (Å²) in [7, 11) is 0. The Morgan fingerprint density at radius 3 is 2.71 bits per heavy atom. The monoisotopic (exact) mass is 457 g/mol. The number of morpholine rings is 1. The lowest BCUT2D eigenvalue weighted by Crippen LogP contribution is -2.36. The van der Waals surface area contributed by atoms with E-state index in [1.54, 1.807) is 24.4 Å². The van der Waals surface area contributed by atoms with Crippen molar-refractivity contribution in [3.8, 4) is 11.3 Å². The second kappa shape index (κ2) is 8.38. The number of ether oxygens (including phenoxy) is 1. The minimum atomic E-state index is -0.318. The highest BCUT2D eigenvalue weighted by atomic mass is 16.5. The summed E-state index contributed by atoms with van der Waals surface area (Å²) in [4.78, 5) is 33.1. The maximum Gasteiger partial charge on any atom is 0.300 e. The Morgan fingerprint density at radius 1 is 1.09 bits per heavy atom. The van der Waals surface area contributed by atoms with Crippen molar-refractivity contribution in [2.75, 3.05) is 42.3 Å². The second-order valence-corrected chi connectivity index (χ2v) is 8.45. The standard InChI is InChI=1S/C24H23N7O3/c25-20-7-6-15(13-26-20)16-2-1-3-17(27-16)23(32)28-18-12-19-22(29-21(18)14-4-5-14)30-24(34-19)31-8-10-33-11-9-31/h1-3,6-7,12-14H,4-5,8-11H2,(H2,25,26)(H,28,32). The van der Waals surface area contributed by atoms with Gasteiger partial charge in [0.1, 0.15) is 11.5 Å². The number of aromatic nitrogens is 4. The van der Waals surface area contributed by atoms with Gasteiger partial charge < -0.3 is 25.1 Å². The number of fused-ring (bicyclic) bond motifs is 1. The first-order valence-corrected chi connectivity index (χ1v) is 11.3. The van der Waals surface area contributed by atoms with Crippen LogP contribution >= 0.6 is 0 Å². The molecule has 1 saturated carbocycles. The molecule has 0 aromatic carbocycles. The minimum Gasteiger partial charge on any atom is -0.422 e. The molecule has 1 saturated heterocycles. The topological polar surface area (TPSA) is 132 Å². The molecular formula is C24H23N7O3. The minimum absolute atomic E-state index is 0.294. The molecule has 1 amide bonds. The fourth-order valence-electron chi connectivity index (χ4n) is 3.99. The Labute approximate surface area is 195 Å². The van der Waals surface area contributed by atoms with E-state index < -0.39 is 0 Å². The van der Waals surface area contributed by atoms with Crippen LogP contribution < -0.4 is 16.0 Å². The molecule has 1 aliphatic heterocycles. The summed E-state index contributed by atoms with van der Waals surface area (Å²) in [6.45, 7) is 2.72. The van der Waals surface area contributed by atoms with Crippen molar-refractivity contribution in [3.05, 3.63) is 54.0 Å². The fourth-order valence-corrected chi connectivity index (χ4v) is 3.99. The van der Waals surface area contributed by atoms with E-state index in [1.165, 1.54) is 0 Å². The van der Waals surface area contributed by atoms with Crippen molar-refractivity contribution < 1.29 is 13.9 Å². The molecule has 2 fully saturated rings. The first kappa shape index (κ1) is 20.5. The highest BCUT2D eigenvalue weighted by molar-refractivity contribution is 6.04. The van der Waals surface area contributed by atoms with Crippen LogP contribution in [0.1, 0.15) is 34.9 Å². The average molecular weight is 457 g/mol. The molecule has 0 unspecified atom stereocenters. The molecule has 3 N–H and O–H groups in total. The number of oxazole rings is 1. The highest BCUT2D eigenvalue weighted by Crippen LogP contribution is 2.43. The summed E-state index contributed by atoms with van der Waals surface area (Å²) >= 11 is 0. The Kier molecular flexibility index (Phi) is 5.06. The normalized spacial score (nSPS) is 16.1. The molecule has 0 spiro atoms. The van der Waals surface area contributed by atoms with Gasteiger partial charge in [0.05, 0.1) is 30.3 Å². The molecule has 10 heteroatoms. The van der Waals surface area contributed by atoms with Gasteiger partial charge in [0.15, 0.2) is 5.58 Å². The number of nitrogen functional groups attached to an aromatic ring is 1. The quantitative estimate of drug-likeness (QED) is 0.463. The highest BCUT2D eigenvalue weighted by Gasteiger charge is 2.30. The molecule has 5 heterocycles. The molecule has 10 nitrogen and oxygen atoms in total. The van der Waals surface area contributed by atoms with Crippen LogP contribution in [0.25, 0.3) is 22.5 Å². The van der Waals surface area contributed by atoms with Crippen LogP contribution in [0.3, 0.4) is 0 Å². The fraction of sp³-hybridized carbons (Fsp3) is 0.292. The van der Waals surface area contributed by atoms with Gasteiger partial charge in [-0.2, -0.15) is 4.98 Å². The van der Waals surface area contributed by atoms with Crippen LogP contribution in [0.2, 0.25) is 0 Å². The predicted octanol–water partition coefficient (Wildman–Crippen LogP) is 3.23. The first-order valence-electron chi connectivity index (χ1n) is 11.3. The van der Waals surface area contributed by atoms with Gasteiger partial charge in [0, 0.05) is 36.8 Å². The molecule has 34 heavy (non-hydrogen) atoms. The summed E-state index contributed by atoms with van der Waals surface area (Å²) in [6, 6.07) is 11.2. The van der Waals surface area contributed by atoms with Crippen LogP contribution in [0.15, 0.2) is 47.0 Å². The Hall–Kier alpha value is -4.05. The van der Waals surface area contributed by atoms with E-state index in [9.17, 15) is 4.79 Å².